The molecule has 118 valence electrons. The van der Waals surface area contributed by atoms with Gasteiger partial charge in [-0.05, 0) is 44.6 Å². The maximum Gasteiger partial charge on any atom is 0.0900 e. The summed E-state index contributed by atoms with van der Waals surface area (Å²) < 4.78 is 11.1. The van der Waals surface area contributed by atoms with Gasteiger partial charge in [0.2, 0.25) is 0 Å². The first-order valence-corrected chi connectivity index (χ1v) is 8.26. The second-order valence-corrected chi connectivity index (χ2v) is 6.75. The molecule has 0 spiro atoms. The molecule has 0 bridgehead atoms. The number of nitrogens with zero attached hydrogens (tertiary/aromatic N) is 1. The number of likely N-dealkylation sites (tertiary alicyclic amines) is 1. The van der Waals surface area contributed by atoms with E-state index >= 15 is 0 Å². The Morgan fingerprint density at radius 2 is 2.15 bits per heavy atom. The average molecular weight is 285 g/mol. The summed E-state index contributed by atoms with van der Waals surface area (Å²) in [5, 5.41) is 10.1. The van der Waals surface area contributed by atoms with Gasteiger partial charge in [0.25, 0.3) is 0 Å². The first-order valence-electron chi connectivity index (χ1n) is 8.26. The molecule has 0 aromatic heterocycles. The summed E-state index contributed by atoms with van der Waals surface area (Å²) in [6.07, 6.45) is 5.90. The number of hydrogen-bond acceptors (Lipinski definition) is 4. The van der Waals surface area contributed by atoms with Gasteiger partial charge in [-0.3, -0.25) is 4.90 Å². The van der Waals surface area contributed by atoms with E-state index < -0.39 is 0 Å². The van der Waals surface area contributed by atoms with Crippen LogP contribution in [0.5, 0.6) is 0 Å². The van der Waals surface area contributed by atoms with E-state index in [0.29, 0.717) is 19.3 Å². The van der Waals surface area contributed by atoms with E-state index in [4.69, 9.17) is 9.47 Å². The van der Waals surface area contributed by atoms with Crippen molar-refractivity contribution >= 4 is 0 Å². The van der Waals surface area contributed by atoms with Crippen LogP contribution in [0.4, 0.5) is 0 Å². The predicted molar refractivity (Wildman–Crippen MR) is 79.8 cm³/mol. The van der Waals surface area contributed by atoms with Gasteiger partial charge in [-0.15, -0.1) is 0 Å². The predicted octanol–water partition coefficient (Wildman–Crippen LogP) is 2.05. The van der Waals surface area contributed by atoms with E-state index in [1.807, 2.05) is 0 Å². The van der Waals surface area contributed by atoms with Crippen LogP contribution in [-0.2, 0) is 9.47 Å². The summed E-state index contributed by atoms with van der Waals surface area (Å²) in [6, 6.07) is 0.655. The Bertz CT molecular complexity index is 266. The Morgan fingerprint density at radius 1 is 1.30 bits per heavy atom. The van der Waals surface area contributed by atoms with Crippen LogP contribution in [0.1, 0.15) is 46.0 Å². The third kappa shape index (κ3) is 5.32. The van der Waals surface area contributed by atoms with Crippen molar-refractivity contribution in [2.75, 3.05) is 32.9 Å². The van der Waals surface area contributed by atoms with Crippen molar-refractivity contribution in [2.24, 2.45) is 5.92 Å². The Balaban J connectivity index is 1.61. The Hall–Kier alpha value is -0.160. The molecule has 3 unspecified atom stereocenters. The molecule has 2 fully saturated rings. The van der Waals surface area contributed by atoms with Gasteiger partial charge in [0.1, 0.15) is 0 Å². The fourth-order valence-corrected chi connectivity index (χ4v) is 3.38. The summed E-state index contributed by atoms with van der Waals surface area (Å²) >= 11 is 0. The van der Waals surface area contributed by atoms with Crippen LogP contribution in [0.3, 0.4) is 0 Å². The number of ether oxygens (including phenoxy) is 2. The molecule has 0 radical (unpaired) electrons. The maximum atomic E-state index is 10.1. The second-order valence-electron chi connectivity index (χ2n) is 6.75. The van der Waals surface area contributed by atoms with Crippen molar-refractivity contribution < 1.29 is 14.6 Å². The van der Waals surface area contributed by atoms with Crippen molar-refractivity contribution in [3.05, 3.63) is 0 Å². The molecule has 0 saturated carbocycles. The first kappa shape index (κ1) is 16.2. The van der Waals surface area contributed by atoms with Crippen molar-refractivity contribution in [3.8, 4) is 0 Å². The van der Waals surface area contributed by atoms with Gasteiger partial charge in [-0.1, -0.05) is 13.8 Å². The van der Waals surface area contributed by atoms with Gasteiger partial charge in [0, 0.05) is 19.2 Å². The summed E-state index contributed by atoms with van der Waals surface area (Å²) in [7, 11) is 0. The molecule has 20 heavy (non-hydrogen) atoms. The van der Waals surface area contributed by atoms with Crippen LogP contribution in [0, 0.1) is 5.92 Å². The smallest absolute Gasteiger partial charge is 0.0900 e. The summed E-state index contributed by atoms with van der Waals surface area (Å²) in [5.74, 6) is 0.730. The van der Waals surface area contributed by atoms with Gasteiger partial charge < -0.3 is 14.6 Å². The van der Waals surface area contributed by atoms with E-state index in [2.05, 4.69) is 18.7 Å². The summed E-state index contributed by atoms with van der Waals surface area (Å²) in [4.78, 5) is 2.44. The topological polar surface area (TPSA) is 41.9 Å². The van der Waals surface area contributed by atoms with Crippen LogP contribution in [0.25, 0.3) is 0 Å². The number of rotatable bonds is 8. The van der Waals surface area contributed by atoms with Gasteiger partial charge in [0.05, 0.1) is 25.4 Å². The molecule has 0 amide bonds. The van der Waals surface area contributed by atoms with Gasteiger partial charge in [-0.2, -0.15) is 0 Å². The number of aliphatic hydroxyl groups is 1. The molecular weight excluding hydrogens is 254 g/mol. The molecule has 3 atom stereocenters. The van der Waals surface area contributed by atoms with Crippen LogP contribution in [0.15, 0.2) is 0 Å². The molecule has 0 aromatic carbocycles. The number of hydrogen-bond donors (Lipinski definition) is 1. The quantitative estimate of drug-likeness (QED) is 0.741. The minimum absolute atomic E-state index is 0.252. The highest BCUT2D eigenvalue weighted by Gasteiger charge is 2.26. The van der Waals surface area contributed by atoms with E-state index in [1.54, 1.807) is 0 Å². The Morgan fingerprint density at radius 3 is 2.85 bits per heavy atom. The monoisotopic (exact) mass is 285 g/mol. The standard InChI is InChI=1S/C16H31NO3/c1-13(2)9-14-5-3-7-17(14)10-15(18)11-19-12-16-6-4-8-20-16/h13-16,18H,3-12H2,1-2H3. The first-order chi connectivity index (χ1) is 9.65. The van der Waals surface area contributed by atoms with Crippen molar-refractivity contribution in [2.45, 2.75) is 64.2 Å². The lowest BCUT2D eigenvalue weighted by Crippen LogP contribution is -2.39. The van der Waals surface area contributed by atoms with Crippen LogP contribution in [-0.4, -0.2) is 61.2 Å². The molecule has 1 N–H and O–H groups in total. The molecule has 4 nitrogen and oxygen atoms in total. The third-order valence-corrected chi connectivity index (χ3v) is 4.33. The minimum atomic E-state index is -0.371. The van der Waals surface area contributed by atoms with Crippen LogP contribution >= 0.6 is 0 Å². The molecule has 2 heterocycles. The maximum absolute atomic E-state index is 10.1. The molecule has 0 aromatic rings. The molecule has 2 saturated heterocycles. The Labute approximate surface area is 123 Å². The zero-order chi connectivity index (χ0) is 14.4. The van der Waals surface area contributed by atoms with Gasteiger partial charge in [-0.25, -0.2) is 0 Å². The van der Waals surface area contributed by atoms with Gasteiger partial charge >= 0.3 is 0 Å². The molecular formula is C16H31NO3. The highest BCUT2D eigenvalue weighted by molar-refractivity contribution is 4.81. The lowest BCUT2D eigenvalue weighted by molar-refractivity contribution is -0.0265. The zero-order valence-electron chi connectivity index (χ0n) is 13.1. The van der Waals surface area contributed by atoms with E-state index in [0.717, 1.165) is 38.5 Å². The lowest BCUT2D eigenvalue weighted by atomic mass is 10.0. The van der Waals surface area contributed by atoms with E-state index in [-0.39, 0.29) is 12.2 Å². The second kappa shape index (κ2) is 8.32. The third-order valence-electron chi connectivity index (χ3n) is 4.33. The highest BCUT2D eigenvalue weighted by atomic mass is 16.5. The SMILES string of the molecule is CC(C)CC1CCCN1CC(O)COCC1CCCO1. The highest BCUT2D eigenvalue weighted by Crippen LogP contribution is 2.23. The normalized spacial score (nSPS) is 29.4. The summed E-state index contributed by atoms with van der Waals surface area (Å²) in [5.41, 5.74) is 0. The average Bonchev–Trinajstić information content (AvgIpc) is 3.01. The molecule has 2 aliphatic rings. The Kier molecular flexibility index (Phi) is 6.75. The largest absolute Gasteiger partial charge is 0.389 e. The molecule has 4 heteroatoms. The lowest BCUT2D eigenvalue weighted by Gasteiger charge is -2.28. The van der Waals surface area contributed by atoms with Crippen molar-refractivity contribution in [1.82, 2.24) is 4.90 Å². The number of aliphatic hydroxyl groups excluding tert-OH is 1. The minimum Gasteiger partial charge on any atom is -0.389 e. The summed E-state index contributed by atoms with van der Waals surface area (Å²) in [6.45, 7) is 8.36. The van der Waals surface area contributed by atoms with Gasteiger partial charge in [0.15, 0.2) is 0 Å². The van der Waals surface area contributed by atoms with Crippen LogP contribution < -0.4 is 0 Å². The zero-order valence-corrected chi connectivity index (χ0v) is 13.1. The number of β-amino-alcohol motifs (C(OH)–C–C–N with tert-alkyl or cyclic N) is 1. The van der Waals surface area contributed by atoms with Crippen molar-refractivity contribution in [1.29, 1.82) is 0 Å². The van der Waals surface area contributed by atoms with Crippen molar-refractivity contribution in [3.63, 3.8) is 0 Å². The molecule has 2 aliphatic heterocycles. The van der Waals surface area contributed by atoms with Crippen LogP contribution in [0.2, 0.25) is 0 Å². The van der Waals surface area contributed by atoms with E-state index in [9.17, 15) is 5.11 Å². The van der Waals surface area contributed by atoms with E-state index in [1.165, 1.54) is 19.3 Å². The fourth-order valence-electron chi connectivity index (χ4n) is 3.38. The molecule has 0 aliphatic carbocycles. The molecule has 2 rings (SSSR count). The fraction of sp³-hybridized carbons (Fsp3) is 1.00.